The summed E-state index contributed by atoms with van der Waals surface area (Å²) in [5.74, 6) is 0.664. The van der Waals surface area contributed by atoms with Gasteiger partial charge in [0.1, 0.15) is 0 Å². The number of carbonyl (C=O) groups is 1. The third-order valence-corrected chi connectivity index (χ3v) is 6.71. The van der Waals surface area contributed by atoms with Gasteiger partial charge >= 0.3 is 0 Å². The Morgan fingerprint density at radius 3 is 3.00 bits per heavy atom. The van der Waals surface area contributed by atoms with Crippen molar-refractivity contribution < 1.29 is 9.53 Å². The summed E-state index contributed by atoms with van der Waals surface area (Å²) >= 11 is 1.60. The molecule has 0 aromatic carbocycles. The van der Waals surface area contributed by atoms with Gasteiger partial charge < -0.3 is 14.5 Å². The third kappa shape index (κ3) is 4.25. The Bertz CT molecular complexity index is 802. The van der Waals surface area contributed by atoms with Crippen LogP contribution >= 0.6 is 11.3 Å². The Labute approximate surface area is 170 Å². The van der Waals surface area contributed by atoms with Crippen LogP contribution in [0.2, 0.25) is 0 Å². The first-order valence-corrected chi connectivity index (χ1v) is 11.2. The molecule has 2 aromatic rings. The van der Waals surface area contributed by atoms with Gasteiger partial charge in [-0.15, -0.1) is 11.3 Å². The summed E-state index contributed by atoms with van der Waals surface area (Å²) in [5.41, 5.74) is 1.68. The second-order valence-electron chi connectivity index (χ2n) is 8.11. The van der Waals surface area contributed by atoms with Crippen LogP contribution in [0.4, 0.5) is 0 Å². The summed E-state index contributed by atoms with van der Waals surface area (Å²) in [6, 6.07) is 0. The van der Waals surface area contributed by atoms with Crippen molar-refractivity contribution in [1.82, 2.24) is 24.1 Å². The molecule has 0 N–H and O–H groups in total. The molecule has 154 valence electrons. The zero-order valence-corrected chi connectivity index (χ0v) is 17.8. The molecule has 2 saturated heterocycles. The number of imidazole rings is 1. The van der Waals surface area contributed by atoms with Crippen molar-refractivity contribution in [3.63, 3.8) is 0 Å². The Kier molecular flexibility index (Phi) is 6.30. The highest BCUT2D eigenvalue weighted by molar-refractivity contribution is 7.15. The number of piperidine rings is 1. The van der Waals surface area contributed by atoms with Gasteiger partial charge in [-0.2, -0.15) is 0 Å². The van der Waals surface area contributed by atoms with Crippen molar-refractivity contribution in [3.8, 4) is 0 Å². The second kappa shape index (κ2) is 8.90. The standard InChI is InChI=1S/C20H31N5O2S/c1-22-6-4-8-24(10-9-22)19(26)18-17(25-11-12-28-20(25)21-18)14-23-7-3-5-16(13-23)15-27-2/h11-12,16H,3-10,13-15H2,1-2H3/t16-/m0/s1. The molecule has 1 atom stereocenters. The number of likely N-dealkylation sites (tertiary alicyclic amines) is 1. The highest BCUT2D eigenvalue weighted by Gasteiger charge is 2.28. The summed E-state index contributed by atoms with van der Waals surface area (Å²) in [7, 11) is 3.90. The minimum atomic E-state index is 0.0895. The number of fused-ring (bicyclic) bond motifs is 1. The van der Waals surface area contributed by atoms with Crippen molar-refractivity contribution in [2.75, 3.05) is 60.0 Å². The molecule has 8 heteroatoms. The Balaban J connectivity index is 1.55. The highest BCUT2D eigenvalue weighted by atomic mass is 32.1. The lowest BCUT2D eigenvalue weighted by Crippen LogP contribution is -2.38. The van der Waals surface area contributed by atoms with Crippen LogP contribution in [0.15, 0.2) is 11.6 Å². The molecule has 4 heterocycles. The quantitative estimate of drug-likeness (QED) is 0.762. The number of amides is 1. The van der Waals surface area contributed by atoms with Gasteiger partial charge in [-0.1, -0.05) is 0 Å². The number of aromatic nitrogens is 2. The topological polar surface area (TPSA) is 53.3 Å². The van der Waals surface area contributed by atoms with E-state index < -0.39 is 0 Å². The fourth-order valence-electron chi connectivity index (χ4n) is 4.43. The molecule has 0 saturated carbocycles. The normalized spacial score (nSPS) is 22.6. The SMILES string of the molecule is COC[C@H]1CCCN(Cc2c(C(=O)N3CCCN(C)CC3)nc3sccn23)C1. The highest BCUT2D eigenvalue weighted by Crippen LogP contribution is 2.24. The minimum Gasteiger partial charge on any atom is -0.384 e. The summed E-state index contributed by atoms with van der Waals surface area (Å²) in [6.07, 6.45) is 5.47. The zero-order chi connectivity index (χ0) is 19.5. The predicted molar refractivity (Wildman–Crippen MR) is 111 cm³/mol. The van der Waals surface area contributed by atoms with E-state index in [1.807, 2.05) is 16.5 Å². The molecule has 2 aromatic heterocycles. The summed E-state index contributed by atoms with van der Waals surface area (Å²) in [4.78, 5) is 25.8. The van der Waals surface area contributed by atoms with Crippen LogP contribution in [0.1, 0.15) is 35.4 Å². The average molecular weight is 406 g/mol. The average Bonchev–Trinajstić information content (AvgIpc) is 3.20. The number of carbonyl (C=O) groups excluding carboxylic acids is 1. The number of hydrogen-bond donors (Lipinski definition) is 0. The van der Waals surface area contributed by atoms with Crippen molar-refractivity contribution in [2.45, 2.75) is 25.8 Å². The molecule has 2 fully saturated rings. The molecule has 0 unspecified atom stereocenters. The van der Waals surface area contributed by atoms with Crippen molar-refractivity contribution in [1.29, 1.82) is 0 Å². The van der Waals surface area contributed by atoms with Gasteiger partial charge in [0.05, 0.1) is 12.3 Å². The van der Waals surface area contributed by atoms with E-state index in [-0.39, 0.29) is 5.91 Å². The van der Waals surface area contributed by atoms with Crippen LogP contribution in [0.5, 0.6) is 0 Å². The first-order valence-electron chi connectivity index (χ1n) is 10.3. The summed E-state index contributed by atoms with van der Waals surface area (Å²) in [6.45, 7) is 7.23. The van der Waals surface area contributed by atoms with Gasteiger partial charge in [-0.3, -0.25) is 14.1 Å². The van der Waals surface area contributed by atoms with E-state index in [4.69, 9.17) is 9.72 Å². The largest absolute Gasteiger partial charge is 0.384 e. The lowest BCUT2D eigenvalue weighted by atomic mass is 9.99. The Morgan fingerprint density at radius 2 is 2.14 bits per heavy atom. The second-order valence-corrected chi connectivity index (χ2v) is 8.98. The molecule has 0 spiro atoms. The van der Waals surface area contributed by atoms with E-state index >= 15 is 0 Å². The van der Waals surface area contributed by atoms with Crippen LogP contribution < -0.4 is 0 Å². The van der Waals surface area contributed by atoms with Crippen LogP contribution in [-0.4, -0.2) is 90.0 Å². The number of nitrogens with zero attached hydrogens (tertiary/aromatic N) is 5. The molecule has 28 heavy (non-hydrogen) atoms. The molecule has 2 aliphatic rings. The maximum Gasteiger partial charge on any atom is 0.274 e. The fourth-order valence-corrected chi connectivity index (χ4v) is 5.17. The first kappa shape index (κ1) is 19.8. The molecular formula is C20H31N5O2S. The number of ether oxygens (including phenoxy) is 1. The van der Waals surface area contributed by atoms with E-state index in [9.17, 15) is 4.79 Å². The summed E-state index contributed by atoms with van der Waals surface area (Å²) < 4.78 is 7.49. The zero-order valence-electron chi connectivity index (χ0n) is 17.0. The van der Waals surface area contributed by atoms with E-state index in [2.05, 4.69) is 21.2 Å². The van der Waals surface area contributed by atoms with Crippen LogP contribution in [-0.2, 0) is 11.3 Å². The number of hydrogen-bond acceptors (Lipinski definition) is 6. The van der Waals surface area contributed by atoms with Crippen LogP contribution in [0.25, 0.3) is 4.96 Å². The third-order valence-electron chi connectivity index (χ3n) is 5.95. The van der Waals surface area contributed by atoms with E-state index in [1.54, 1.807) is 18.4 Å². The maximum absolute atomic E-state index is 13.4. The number of likely N-dealkylation sites (N-methyl/N-ethyl adjacent to an activating group) is 1. The predicted octanol–water partition coefficient (Wildman–Crippen LogP) is 2.03. The van der Waals surface area contributed by atoms with Gasteiger partial charge in [0.15, 0.2) is 10.7 Å². The number of methoxy groups -OCH3 is 1. The molecule has 0 radical (unpaired) electrons. The lowest BCUT2D eigenvalue weighted by Gasteiger charge is -2.32. The number of rotatable bonds is 5. The van der Waals surface area contributed by atoms with Gasteiger partial charge in [0, 0.05) is 51.4 Å². The summed E-state index contributed by atoms with van der Waals surface area (Å²) in [5, 5.41) is 2.05. The smallest absolute Gasteiger partial charge is 0.274 e. The maximum atomic E-state index is 13.4. The Hall–Kier alpha value is -1.48. The van der Waals surface area contributed by atoms with Gasteiger partial charge in [-0.05, 0) is 45.3 Å². The van der Waals surface area contributed by atoms with Gasteiger partial charge in [-0.25, -0.2) is 4.98 Å². The van der Waals surface area contributed by atoms with E-state index in [1.165, 1.54) is 12.8 Å². The molecule has 7 nitrogen and oxygen atoms in total. The number of thiazole rings is 1. The Morgan fingerprint density at radius 1 is 1.25 bits per heavy atom. The molecule has 0 aliphatic carbocycles. The first-order chi connectivity index (χ1) is 13.7. The van der Waals surface area contributed by atoms with Gasteiger partial charge in [0.2, 0.25) is 0 Å². The van der Waals surface area contributed by atoms with Crippen LogP contribution in [0, 0.1) is 5.92 Å². The fraction of sp³-hybridized carbons (Fsp3) is 0.700. The lowest BCUT2D eigenvalue weighted by molar-refractivity contribution is 0.0746. The van der Waals surface area contributed by atoms with E-state index in [0.717, 1.165) is 69.5 Å². The van der Waals surface area contributed by atoms with Crippen LogP contribution in [0.3, 0.4) is 0 Å². The van der Waals surface area contributed by atoms with Crippen molar-refractivity contribution >= 4 is 22.2 Å². The monoisotopic (exact) mass is 405 g/mol. The molecule has 0 bridgehead atoms. The minimum absolute atomic E-state index is 0.0895. The molecular weight excluding hydrogens is 374 g/mol. The van der Waals surface area contributed by atoms with Crippen molar-refractivity contribution in [2.24, 2.45) is 5.92 Å². The van der Waals surface area contributed by atoms with Gasteiger partial charge in [0.25, 0.3) is 5.91 Å². The van der Waals surface area contributed by atoms with E-state index in [0.29, 0.717) is 11.6 Å². The molecule has 4 rings (SSSR count). The van der Waals surface area contributed by atoms with Crippen molar-refractivity contribution in [3.05, 3.63) is 23.0 Å². The molecule has 2 aliphatic heterocycles. The molecule has 1 amide bonds.